The largest absolute Gasteiger partial charge is 0.341 e. The molecule has 7 heteroatoms. The molecule has 0 aromatic carbocycles. The lowest BCUT2D eigenvalue weighted by Crippen LogP contribution is -2.47. The third kappa shape index (κ3) is 3.94. The first kappa shape index (κ1) is 15.3. The maximum Gasteiger partial charge on any atom is 0.318 e. The van der Waals surface area contributed by atoms with Crippen molar-refractivity contribution in [1.82, 2.24) is 15.1 Å². The molecule has 2 saturated heterocycles. The van der Waals surface area contributed by atoms with Crippen molar-refractivity contribution in [1.29, 1.82) is 0 Å². The highest BCUT2D eigenvalue weighted by molar-refractivity contribution is 7.85. The maximum absolute atomic E-state index is 12.2. The first-order chi connectivity index (χ1) is 9.60. The molecule has 2 aliphatic heterocycles. The second-order valence-electron chi connectivity index (χ2n) is 5.40. The van der Waals surface area contributed by atoms with Crippen LogP contribution in [0.5, 0.6) is 0 Å². The number of hydrogen-bond acceptors (Lipinski definition) is 3. The SMILES string of the molecule is CCCN1CCCN(C(=O)NC2CCS(=O)C2)CC1=O. The molecule has 0 bridgehead atoms. The van der Waals surface area contributed by atoms with Crippen molar-refractivity contribution in [2.24, 2.45) is 0 Å². The van der Waals surface area contributed by atoms with Gasteiger partial charge in [0.05, 0.1) is 0 Å². The lowest BCUT2D eigenvalue weighted by molar-refractivity contribution is -0.130. The van der Waals surface area contributed by atoms with Crippen LogP contribution in [0.4, 0.5) is 4.79 Å². The third-order valence-electron chi connectivity index (χ3n) is 3.72. The van der Waals surface area contributed by atoms with E-state index in [0.29, 0.717) is 18.1 Å². The minimum atomic E-state index is -0.802. The zero-order valence-corrected chi connectivity index (χ0v) is 12.8. The summed E-state index contributed by atoms with van der Waals surface area (Å²) in [6.07, 6.45) is 2.52. The molecule has 0 radical (unpaired) electrons. The Kier molecular flexibility index (Phi) is 5.39. The molecule has 0 spiro atoms. The summed E-state index contributed by atoms with van der Waals surface area (Å²) in [4.78, 5) is 27.6. The van der Waals surface area contributed by atoms with Gasteiger partial charge in [-0.1, -0.05) is 6.92 Å². The van der Waals surface area contributed by atoms with Crippen molar-refractivity contribution < 1.29 is 13.8 Å². The molecule has 1 N–H and O–H groups in total. The van der Waals surface area contributed by atoms with Gasteiger partial charge in [0, 0.05) is 48.0 Å². The number of nitrogens with zero attached hydrogens (tertiary/aromatic N) is 2. The van der Waals surface area contributed by atoms with Gasteiger partial charge in [0.1, 0.15) is 6.54 Å². The zero-order chi connectivity index (χ0) is 14.5. The monoisotopic (exact) mass is 301 g/mol. The van der Waals surface area contributed by atoms with E-state index in [-0.39, 0.29) is 24.5 Å². The molecule has 20 heavy (non-hydrogen) atoms. The Bertz CT molecular complexity index is 402. The number of carbonyl (C=O) groups is 2. The third-order valence-corrected chi connectivity index (χ3v) is 5.19. The van der Waals surface area contributed by atoms with Crippen LogP contribution in [0.3, 0.4) is 0 Å². The van der Waals surface area contributed by atoms with Gasteiger partial charge >= 0.3 is 6.03 Å². The fraction of sp³-hybridized carbons (Fsp3) is 0.846. The van der Waals surface area contributed by atoms with E-state index in [4.69, 9.17) is 0 Å². The van der Waals surface area contributed by atoms with Gasteiger partial charge in [-0.15, -0.1) is 0 Å². The quantitative estimate of drug-likeness (QED) is 0.807. The summed E-state index contributed by atoms with van der Waals surface area (Å²) in [6.45, 7) is 4.29. The van der Waals surface area contributed by atoms with Gasteiger partial charge in [0.15, 0.2) is 0 Å². The summed E-state index contributed by atoms with van der Waals surface area (Å²) in [5.74, 6) is 1.22. The van der Waals surface area contributed by atoms with E-state index in [2.05, 4.69) is 5.32 Å². The topological polar surface area (TPSA) is 69.7 Å². The van der Waals surface area contributed by atoms with Gasteiger partial charge in [0.25, 0.3) is 0 Å². The van der Waals surface area contributed by atoms with Crippen LogP contribution < -0.4 is 5.32 Å². The van der Waals surface area contributed by atoms with Crippen LogP contribution >= 0.6 is 0 Å². The molecule has 0 aliphatic carbocycles. The van der Waals surface area contributed by atoms with Crippen molar-refractivity contribution in [3.63, 3.8) is 0 Å². The van der Waals surface area contributed by atoms with Crippen LogP contribution in [-0.4, -0.2) is 69.7 Å². The highest BCUT2D eigenvalue weighted by Crippen LogP contribution is 2.10. The summed E-state index contributed by atoms with van der Waals surface area (Å²) in [5.41, 5.74) is 0. The molecule has 2 heterocycles. The molecule has 0 saturated carbocycles. The second kappa shape index (κ2) is 7.06. The molecule has 2 rings (SSSR count). The number of carbonyl (C=O) groups excluding carboxylic acids is 2. The molecule has 114 valence electrons. The number of nitrogens with one attached hydrogen (secondary N) is 1. The second-order valence-corrected chi connectivity index (χ2v) is 7.02. The minimum absolute atomic E-state index is 0.00608. The van der Waals surface area contributed by atoms with Crippen LogP contribution in [-0.2, 0) is 15.6 Å². The normalized spacial score (nSPS) is 27.6. The smallest absolute Gasteiger partial charge is 0.318 e. The van der Waals surface area contributed by atoms with Gasteiger partial charge < -0.3 is 15.1 Å². The van der Waals surface area contributed by atoms with E-state index in [1.54, 1.807) is 4.90 Å². The summed E-state index contributed by atoms with van der Waals surface area (Å²) < 4.78 is 11.3. The molecule has 2 unspecified atom stereocenters. The molecule has 0 aromatic heterocycles. The average molecular weight is 301 g/mol. The van der Waals surface area contributed by atoms with Gasteiger partial charge in [-0.05, 0) is 19.3 Å². The molecule has 2 aliphatic rings. The fourth-order valence-corrected chi connectivity index (χ4v) is 4.06. The van der Waals surface area contributed by atoms with Gasteiger partial charge in [-0.3, -0.25) is 9.00 Å². The van der Waals surface area contributed by atoms with E-state index in [0.717, 1.165) is 32.4 Å². The van der Waals surface area contributed by atoms with E-state index in [9.17, 15) is 13.8 Å². The highest BCUT2D eigenvalue weighted by atomic mass is 32.2. The van der Waals surface area contributed by atoms with Crippen molar-refractivity contribution in [3.8, 4) is 0 Å². The van der Waals surface area contributed by atoms with Crippen LogP contribution in [0.1, 0.15) is 26.2 Å². The van der Waals surface area contributed by atoms with Crippen LogP contribution in [0.25, 0.3) is 0 Å². The Morgan fingerprint density at radius 3 is 2.90 bits per heavy atom. The molecule has 3 amide bonds. The molecule has 2 atom stereocenters. The molecule has 6 nitrogen and oxygen atoms in total. The van der Waals surface area contributed by atoms with Crippen LogP contribution in [0.15, 0.2) is 0 Å². The Morgan fingerprint density at radius 1 is 1.45 bits per heavy atom. The summed E-state index contributed by atoms with van der Waals surface area (Å²) in [7, 11) is -0.802. The van der Waals surface area contributed by atoms with Gasteiger partial charge in [-0.25, -0.2) is 4.79 Å². The van der Waals surface area contributed by atoms with Gasteiger partial charge in [0.2, 0.25) is 5.91 Å². The number of hydrogen-bond donors (Lipinski definition) is 1. The predicted octanol–water partition coefficient (Wildman–Crippen LogP) is 0.161. The summed E-state index contributed by atoms with van der Waals surface area (Å²) in [5, 5.41) is 2.90. The van der Waals surface area contributed by atoms with Crippen molar-refractivity contribution in [3.05, 3.63) is 0 Å². The highest BCUT2D eigenvalue weighted by Gasteiger charge is 2.28. The molecular formula is C13H23N3O3S. The zero-order valence-electron chi connectivity index (χ0n) is 12.0. The lowest BCUT2D eigenvalue weighted by Gasteiger charge is -2.23. The molecule has 0 aromatic rings. The van der Waals surface area contributed by atoms with Crippen molar-refractivity contribution in [2.45, 2.75) is 32.2 Å². The Labute approximate surface area is 122 Å². The minimum Gasteiger partial charge on any atom is -0.341 e. The van der Waals surface area contributed by atoms with Crippen molar-refractivity contribution >= 4 is 22.7 Å². The Morgan fingerprint density at radius 2 is 2.25 bits per heavy atom. The number of amides is 3. The fourth-order valence-electron chi connectivity index (χ4n) is 2.64. The molecule has 2 fully saturated rings. The van der Waals surface area contributed by atoms with E-state index in [1.807, 2.05) is 11.8 Å². The first-order valence-electron chi connectivity index (χ1n) is 7.28. The van der Waals surface area contributed by atoms with Crippen molar-refractivity contribution in [2.75, 3.05) is 37.7 Å². The van der Waals surface area contributed by atoms with E-state index >= 15 is 0 Å². The van der Waals surface area contributed by atoms with Crippen LogP contribution in [0.2, 0.25) is 0 Å². The molecular weight excluding hydrogens is 278 g/mol. The Hall–Kier alpha value is -1.11. The van der Waals surface area contributed by atoms with Crippen LogP contribution in [0, 0.1) is 0 Å². The average Bonchev–Trinajstić information content (AvgIpc) is 2.71. The first-order valence-corrected chi connectivity index (χ1v) is 8.77. The van der Waals surface area contributed by atoms with E-state index < -0.39 is 10.8 Å². The Balaban J connectivity index is 1.87. The summed E-state index contributed by atoms with van der Waals surface area (Å²) in [6, 6.07) is -0.200. The summed E-state index contributed by atoms with van der Waals surface area (Å²) >= 11 is 0. The maximum atomic E-state index is 12.2. The number of urea groups is 1. The number of rotatable bonds is 3. The predicted molar refractivity (Wildman–Crippen MR) is 77.9 cm³/mol. The lowest BCUT2D eigenvalue weighted by atomic mass is 10.3. The van der Waals surface area contributed by atoms with E-state index in [1.165, 1.54) is 0 Å². The standard InChI is InChI=1S/C13H23N3O3S/c1-2-5-15-6-3-7-16(9-12(15)17)13(18)14-11-4-8-20(19)10-11/h11H,2-10H2,1H3,(H,14,18). The van der Waals surface area contributed by atoms with Gasteiger partial charge in [-0.2, -0.15) is 0 Å².